The molecule has 1 aliphatic rings. The number of aliphatic hydroxyl groups is 1. The van der Waals surface area contributed by atoms with Gasteiger partial charge in [0.25, 0.3) is 0 Å². The SMILES string of the molecule is CCC1CCC(O)C(N(C)C(C)CC(C)C)C1. The normalized spacial score (nSPS) is 32.1. The van der Waals surface area contributed by atoms with Gasteiger partial charge in [-0.05, 0) is 51.5 Å². The minimum Gasteiger partial charge on any atom is -0.391 e. The average molecular weight is 241 g/mol. The first-order valence-corrected chi connectivity index (χ1v) is 7.35. The maximum atomic E-state index is 10.2. The summed E-state index contributed by atoms with van der Waals surface area (Å²) < 4.78 is 0. The molecule has 0 aromatic carbocycles. The van der Waals surface area contributed by atoms with E-state index in [1.54, 1.807) is 0 Å². The van der Waals surface area contributed by atoms with Gasteiger partial charge in [-0.25, -0.2) is 0 Å². The van der Waals surface area contributed by atoms with Crippen LogP contribution in [0.15, 0.2) is 0 Å². The molecule has 0 heterocycles. The molecule has 1 aliphatic carbocycles. The molecule has 0 aromatic heterocycles. The Hall–Kier alpha value is -0.0800. The number of hydrogen-bond acceptors (Lipinski definition) is 2. The second-order valence-electron chi connectivity index (χ2n) is 6.37. The Morgan fingerprint density at radius 2 is 1.88 bits per heavy atom. The van der Waals surface area contributed by atoms with Crippen molar-refractivity contribution in [2.75, 3.05) is 7.05 Å². The summed E-state index contributed by atoms with van der Waals surface area (Å²) in [5.41, 5.74) is 0. The fourth-order valence-corrected chi connectivity index (χ4v) is 3.20. The fourth-order valence-electron chi connectivity index (χ4n) is 3.20. The number of nitrogens with zero attached hydrogens (tertiary/aromatic N) is 1. The van der Waals surface area contributed by atoms with Gasteiger partial charge in [0.1, 0.15) is 0 Å². The summed E-state index contributed by atoms with van der Waals surface area (Å²) >= 11 is 0. The number of rotatable bonds is 5. The van der Waals surface area contributed by atoms with Crippen molar-refractivity contribution < 1.29 is 5.11 Å². The van der Waals surface area contributed by atoms with Crippen molar-refractivity contribution in [1.29, 1.82) is 0 Å². The van der Waals surface area contributed by atoms with E-state index in [2.05, 4.69) is 39.6 Å². The molecule has 0 spiro atoms. The molecule has 1 rings (SSSR count). The lowest BCUT2D eigenvalue weighted by Crippen LogP contribution is -2.49. The van der Waals surface area contributed by atoms with E-state index < -0.39 is 0 Å². The Labute approximate surface area is 107 Å². The molecule has 1 saturated carbocycles. The van der Waals surface area contributed by atoms with Crippen LogP contribution >= 0.6 is 0 Å². The first-order valence-electron chi connectivity index (χ1n) is 7.35. The first kappa shape index (κ1) is 15.0. The Morgan fingerprint density at radius 1 is 1.24 bits per heavy atom. The number of aliphatic hydroxyl groups excluding tert-OH is 1. The van der Waals surface area contributed by atoms with Crippen LogP contribution in [0.1, 0.15) is 59.8 Å². The van der Waals surface area contributed by atoms with Crippen LogP contribution in [0.5, 0.6) is 0 Å². The molecule has 102 valence electrons. The monoisotopic (exact) mass is 241 g/mol. The number of likely N-dealkylation sites (N-methyl/N-ethyl adjacent to an activating group) is 1. The molecule has 2 nitrogen and oxygen atoms in total. The smallest absolute Gasteiger partial charge is 0.0695 e. The Kier molecular flexibility index (Phi) is 5.94. The minimum atomic E-state index is -0.114. The van der Waals surface area contributed by atoms with Gasteiger partial charge in [-0.1, -0.05) is 27.2 Å². The van der Waals surface area contributed by atoms with Crippen molar-refractivity contribution >= 4 is 0 Å². The first-order chi connectivity index (χ1) is 7.95. The van der Waals surface area contributed by atoms with Crippen LogP contribution in [0.25, 0.3) is 0 Å². The Morgan fingerprint density at radius 3 is 2.41 bits per heavy atom. The Bertz CT molecular complexity index is 217. The number of hydrogen-bond donors (Lipinski definition) is 1. The van der Waals surface area contributed by atoms with E-state index in [1.165, 1.54) is 25.7 Å². The van der Waals surface area contributed by atoms with Crippen LogP contribution in [-0.4, -0.2) is 35.2 Å². The van der Waals surface area contributed by atoms with Gasteiger partial charge in [0, 0.05) is 12.1 Å². The van der Waals surface area contributed by atoms with Crippen molar-refractivity contribution in [1.82, 2.24) is 4.90 Å². The molecule has 4 atom stereocenters. The summed E-state index contributed by atoms with van der Waals surface area (Å²) in [7, 11) is 2.19. The third-order valence-corrected chi connectivity index (χ3v) is 4.50. The van der Waals surface area contributed by atoms with Crippen molar-refractivity contribution in [3.63, 3.8) is 0 Å². The Balaban J connectivity index is 2.55. The molecular weight excluding hydrogens is 210 g/mol. The summed E-state index contributed by atoms with van der Waals surface area (Å²) in [4.78, 5) is 2.42. The molecule has 0 bridgehead atoms. The lowest BCUT2D eigenvalue weighted by Gasteiger charge is -2.41. The van der Waals surface area contributed by atoms with Gasteiger partial charge in [-0.3, -0.25) is 4.90 Å². The van der Waals surface area contributed by atoms with E-state index in [1.807, 2.05) is 0 Å². The predicted molar refractivity (Wildman–Crippen MR) is 74.1 cm³/mol. The zero-order valence-corrected chi connectivity index (χ0v) is 12.3. The van der Waals surface area contributed by atoms with Gasteiger partial charge in [0.15, 0.2) is 0 Å². The molecule has 2 heteroatoms. The van der Waals surface area contributed by atoms with E-state index in [0.29, 0.717) is 12.1 Å². The predicted octanol–water partition coefficient (Wildman–Crippen LogP) is 3.29. The summed E-state index contributed by atoms with van der Waals surface area (Å²) in [5.74, 6) is 1.55. The molecule has 0 radical (unpaired) electrons. The van der Waals surface area contributed by atoms with Crippen LogP contribution in [0.3, 0.4) is 0 Å². The van der Waals surface area contributed by atoms with E-state index in [-0.39, 0.29) is 6.10 Å². The molecule has 1 fully saturated rings. The van der Waals surface area contributed by atoms with Crippen molar-refractivity contribution in [3.8, 4) is 0 Å². The molecule has 1 N–H and O–H groups in total. The van der Waals surface area contributed by atoms with Gasteiger partial charge < -0.3 is 5.11 Å². The second kappa shape index (κ2) is 6.75. The van der Waals surface area contributed by atoms with E-state index >= 15 is 0 Å². The lowest BCUT2D eigenvalue weighted by atomic mass is 9.81. The molecule has 17 heavy (non-hydrogen) atoms. The summed E-state index contributed by atoms with van der Waals surface area (Å²) in [5, 5.41) is 10.2. The van der Waals surface area contributed by atoms with Crippen molar-refractivity contribution in [3.05, 3.63) is 0 Å². The van der Waals surface area contributed by atoms with Gasteiger partial charge in [-0.2, -0.15) is 0 Å². The van der Waals surface area contributed by atoms with Crippen LogP contribution in [0, 0.1) is 11.8 Å². The van der Waals surface area contributed by atoms with Gasteiger partial charge in [0.2, 0.25) is 0 Å². The highest BCUT2D eigenvalue weighted by Crippen LogP contribution is 2.31. The summed E-state index contributed by atoms with van der Waals surface area (Å²) in [6.07, 6.45) is 5.74. The molecular formula is C15H31NO. The zero-order chi connectivity index (χ0) is 13.0. The molecule has 0 aliphatic heterocycles. The average Bonchev–Trinajstić information content (AvgIpc) is 2.28. The highest BCUT2D eigenvalue weighted by Gasteiger charge is 2.32. The topological polar surface area (TPSA) is 23.5 Å². The largest absolute Gasteiger partial charge is 0.391 e. The molecule has 0 saturated heterocycles. The van der Waals surface area contributed by atoms with Gasteiger partial charge >= 0.3 is 0 Å². The molecule has 4 unspecified atom stereocenters. The highest BCUT2D eigenvalue weighted by atomic mass is 16.3. The van der Waals surface area contributed by atoms with Gasteiger partial charge in [-0.15, -0.1) is 0 Å². The quantitative estimate of drug-likeness (QED) is 0.798. The van der Waals surface area contributed by atoms with Crippen LogP contribution < -0.4 is 0 Å². The maximum Gasteiger partial charge on any atom is 0.0695 e. The molecule has 0 aromatic rings. The van der Waals surface area contributed by atoms with Crippen molar-refractivity contribution in [2.45, 2.75) is 78.0 Å². The van der Waals surface area contributed by atoms with Crippen molar-refractivity contribution in [2.24, 2.45) is 11.8 Å². The zero-order valence-electron chi connectivity index (χ0n) is 12.3. The van der Waals surface area contributed by atoms with Crippen LogP contribution in [-0.2, 0) is 0 Å². The third-order valence-electron chi connectivity index (χ3n) is 4.50. The highest BCUT2D eigenvalue weighted by molar-refractivity contribution is 4.87. The third kappa shape index (κ3) is 4.26. The van der Waals surface area contributed by atoms with E-state index in [0.717, 1.165) is 18.3 Å². The van der Waals surface area contributed by atoms with Crippen LogP contribution in [0.4, 0.5) is 0 Å². The second-order valence-corrected chi connectivity index (χ2v) is 6.37. The lowest BCUT2D eigenvalue weighted by molar-refractivity contribution is -0.00422. The minimum absolute atomic E-state index is 0.114. The fraction of sp³-hybridized carbons (Fsp3) is 1.00. The standard InChI is InChI=1S/C15H31NO/c1-6-13-7-8-15(17)14(10-13)16(5)12(4)9-11(2)3/h11-15,17H,6-10H2,1-5H3. The molecule has 0 amide bonds. The van der Waals surface area contributed by atoms with Crippen LogP contribution in [0.2, 0.25) is 0 Å². The van der Waals surface area contributed by atoms with E-state index in [9.17, 15) is 5.11 Å². The maximum absolute atomic E-state index is 10.2. The van der Waals surface area contributed by atoms with Gasteiger partial charge in [0.05, 0.1) is 6.10 Å². The summed E-state index contributed by atoms with van der Waals surface area (Å²) in [6.45, 7) is 9.12. The summed E-state index contributed by atoms with van der Waals surface area (Å²) in [6, 6.07) is 0.952. The van der Waals surface area contributed by atoms with E-state index in [4.69, 9.17) is 0 Å².